The van der Waals surface area contributed by atoms with Gasteiger partial charge in [0, 0.05) is 0 Å². The SMILES string of the molecule is CC(C)(COC(C)(C)C(=O)C(C)(COC(=O)C(C)(CO)CO)COC(=O)C(C)(CO)CO)OC(=O)C(C)(CO)COC(=O)C(C)(CO)COC(=O)C(C)(CO)CO. The molecule has 0 aromatic carbocycles. The highest BCUT2D eigenvalue weighted by molar-refractivity contribution is 5.92. The van der Waals surface area contributed by atoms with Crippen molar-refractivity contribution in [3.63, 3.8) is 0 Å². The fourth-order valence-electron chi connectivity index (χ4n) is 4.19. The number of aliphatic hydroxyl groups is 8. The number of hydrogen-bond acceptors (Lipinski definition) is 20. The first kappa shape index (κ1) is 53.7. The average Bonchev–Trinajstić information content (AvgIpc) is 3.20. The van der Waals surface area contributed by atoms with E-state index in [1.807, 2.05) is 0 Å². The number of Topliss-reactive ketones (excluding diaryl/α,β-unsaturated/α-hetero) is 1. The molecule has 0 radical (unpaired) electrons. The second kappa shape index (κ2) is 21.1. The number of carbonyl (C=O) groups is 6. The van der Waals surface area contributed by atoms with Crippen molar-refractivity contribution in [1.82, 2.24) is 0 Å². The van der Waals surface area contributed by atoms with Gasteiger partial charge in [-0.1, -0.05) is 0 Å². The molecule has 0 bridgehead atoms. The van der Waals surface area contributed by atoms with Crippen molar-refractivity contribution in [3.8, 4) is 0 Å². The highest BCUT2D eigenvalue weighted by Gasteiger charge is 2.49. The van der Waals surface area contributed by atoms with Crippen LogP contribution in [-0.2, 0) is 57.2 Å². The van der Waals surface area contributed by atoms with Gasteiger partial charge in [-0.2, -0.15) is 0 Å². The summed E-state index contributed by atoms with van der Waals surface area (Å²) in [7, 11) is 0. The first-order chi connectivity index (χ1) is 26.0. The standard InChI is InChI=1S/C37H64O20/c1-30(2,57-29(51)36(9,18-45)21-53-28(50)35(8,17-44)20-52-25(47)32(5,11-38)12-39)19-56-31(3,4)24(46)37(10,22-54-26(48)33(6,13-40)14-41)23-55-27(49)34(7,15-42)16-43/h38-45H,11-23H2,1-10H3. The van der Waals surface area contributed by atoms with E-state index in [0.717, 1.165) is 0 Å². The number of rotatable bonds is 27. The molecule has 20 heteroatoms. The third-order valence-electron chi connectivity index (χ3n) is 9.59. The molecule has 0 heterocycles. The van der Waals surface area contributed by atoms with Crippen LogP contribution < -0.4 is 0 Å². The molecule has 20 nitrogen and oxygen atoms in total. The lowest BCUT2D eigenvalue weighted by atomic mass is 9.79. The van der Waals surface area contributed by atoms with Gasteiger partial charge in [-0.3, -0.25) is 28.8 Å². The predicted molar refractivity (Wildman–Crippen MR) is 194 cm³/mol. The van der Waals surface area contributed by atoms with Crippen LogP contribution in [0.15, 0.2) is 0 Å². The first-order valence-corrected chi connectivity index (χ1v) is 18.0. The summed E-state index contributed by atoms with van der Waals surface area (Å²) in [5.74, 6) is -6.22. The van der Waals surface area contributed by atoms with E-state index in [2.05, 4.69) is 0 Å². The molecular weight excluding hydrogens is 764 g/mol. The number of esters is 5. The van der Waals surface area contributed by atoms with Crippen LogP contribution in [-0.4, -0.2) is 174 Å². The van der Waals surface area contributed by atoms with Gasteiger partial charge in [0.15, 0.2) is 5.78 Å². The Bertz CT molecular complexity index is 1340. The van der Waals surface area contributed by atoms with E-state index < -0.39 is 165 Å². The molecule has 2 unspecified atom stereocenters. The van der Waals surface area contributed by atoms with Crippen molar-refractivity contribution in [2.24, 2.45) is 32.5 Å². The van der Waals surface area contributed by atoms with E-state index in [9.17, 15) is 69.6 Å². The Balaban J connectivity index is 6.04. The highest BCUT2D eigenvalue weighted by Crippen LogP contribution is 2.33. The smallest absolute Gasteiger partial charge is 0.318 e. The summed E-state index contributed by atoms with van der Waals surface area (Å²) in [6, 6.07) is 0. The van der Waals surface area contributed by atoms with Crippen LogP contribution in [0.2, 0.25) is 0 Å². The molecule has 0 saturated carbocycles. The van der Waals surface area contributed by atoms with Crippen LogP contribution in [0.1, 0.15) is 69.2 Å². The van der Waals surface area contributed by atoms with Gasteiger partial charge < -0.3 is 69.3 Å². The molecule has 0 aromatic heterocycles. The summed E-state index contributed by atoms with van der Waals surface area (Å²) in [6.45, 7) is 2.78. The molecule has 0 aliphatic heterocycles. The molecule has 0 fully saturated rings. The van der Waals surface area contributed by atoms with Crippen molar-refractivity contribution >= 4 is 35.6 Å². The van der Waals surface area contributed by atoms with E-state index in [1.54, 1.807) is 0 Å². The van der Waals surface area contributed by atoms with Crippen molar-refractivity contribution < 1.29 is 98.0 Å². The Morgan fingerprint density at radius 2 is 0.596 bits per heavy atom. The fraction of sp³-hybridized carbons (Fsp3) is 0.838. The zero-order valence-corrected chi connectivity index (χ0v) is 34.7. The largest absolute Gasteiger partial charge is 0.464 e. The van der Waals surface area contributed by atoms with Gasteiger partial charge in [0.05, 0.1) is 64.9 Å². The second-order valence-corrected chi connectivity index (χ2v) is 17.2. The molecule has 57 heavy (non-hydrogen) atoms. The Morgan fingerprint density at radius 3 is 0.877 bits per heavy atom. The number of carbonyl (C=O) groups excluding carboxylic acids is 6. The molecular formula is C37H64O20. The molecule has 332 valence electrons. The third kappa shape index (κ3) is 13.9. The zero-order valence-electron chi connectivity index (χ0n) is 34.7. The fourth-order valence-corrected chi connectivity index (χ4v) is 4.19. The Hall–Kier alpha value is -3.34. The minimum Gasteiger partial charge on any atom is -0.464 e. The first-order valence-electron chi connectivity index (χ1n) is 18.0. The molecule has 0 aromatic rings. The van der Waals surface area contributed by atoms with Crippen LogP contribution in [0.4, 0.5) is 0 Å². The van der Waals surface area contributed by atoms with Crippen molar-refractivity contribution in [2.75, 3.05) is 85.9 Å². The van der Waals surface area contributed by atoms with Crippen LogP contribution in [0, 0.1) is 32.5 Å². The normalized spacial score (nSPS) is 15.1. The lowest BCUT2D eigenvalue weighted by Crippen LogP contribution is -2.53. The summed E-state index contributed by atoms with van der Waals surface area (Å²) in [5, 5.41) is 77.3. The second-order valence-electron chi connectivity index (χ2n) is 17.2. The van der Waals surface area contributed by atoms with Gasteiger partial charge in [-0.15, -0.1) is 0 Å². The van der Waals surface area contributed by atoms with Crippen LogP contribution in [0.3, 0.4) is 0 Å². The molecule has 0 aliphatic carbocycles. The van der Waals surface area contributed by atoms with Gasteiger partial charge in [0.25, 0.3) is 0 Å². The van der Waals surface area contributed by atoms with E-state index >= 15 is 0 Å². The lowest BCUT2D eigenvalue weighted by Gasteiger charge is -2.38. The van der Waals surface area contributed by atoms with Gasteiger partial charge in [-0.25, -0.2) is 0 Å². The number of ether oxygens (including phenoxy) is 6. The zero-order chi connectivity index (χ0) is 44.9. The van der Waals surface area contributed by atoms with Gasteiger partial charge in [0.1, 0.15) is 64.7 Å². The molecule has 0 saturated heterocycles. The van der Waals surface area contributed by atoms with Crippen molar-refractivity contribution in [3.05, 3.63) is 0 Å². The molecule has 0 amide bonds. The van der Waals surface area contributed by atoms with Crippen LogP contribution in [0.5, 0.6) is 0 Å². The van der Waals surface area contributed by atoms with Gasteiger partial charge in [0.2, 0.25) is 0 Å². The number of aliphatic hydroxyl groups excluding tert-OH is 8. The molecule has 0 spiro atoms. The van der Waals surface area contributed by atoms with Crippen LogP contribution >= 0.6 is 0 Å². The van der Waals surface area contributed by atoms with Crippen molar-refractivity contribution in [2.45, 2.75) is 80.4 Å². The molecule has 2 atom stereocenters. The summed E-state index contributed by atoms with van der Waals surface area (Å²) in [5.41, 5.74) is -14.1. The molecule has 0 rings (SSSR count). The summed E-state index contributed by atoms with van der Waals surface area (Å²) >= 11 is 0. The summed E-state index contributed by atoms with van der Waals surface area (Å²) in [4.78, 5) is 78.3. The molecule has 0 aliphatic rings. The topological polar surface area (TPSA) is 320 Å². The van der Waals surface area contributed by atoms with E-state index in [1.165, 1.54) is 69.2 Å². The lowest BCUT2D eigenvalue weighted by molar-refractivity contribution is -0.190. The Kier molecular flexibility index (Phi) is 19.8. The maximum absolute atomic E-state index is 14.1. The van der Waals surface area contributed by atoms with E-state index in [0.29, 0.717) is 0 Å². The average molecular weight is 829 g/mol. The maximum Gasteiger partial charge on any atom is 0.318 e. The van der Waals surface area contributed by atoms with E-state index in [4.69, 9.17) is 28.4 Å². The monoisotopic (exact) mass is 828 g/mol. The molecule has 8 N–H and O–H groups in total. The highest BCUT2D eigenvalue weighted by atomic mass is 16.6. The Morgan fingerprint density at radius 1 is 0.351 bits per heavy atom. The van der Waals surface area contributed by atoms with Crippen molar-refractivity contribution in [1.29, 1.82) is 0 Å². The van der Waals surface area contributed by atoms with Gasteiger partial charge >= 0.3 is 29.8 Å². The van der Waals surface area contributed by atoms with E-state index in [-0.39, 0.29) is 0 Å². The minimum atomic E-state index is -1.89. The number of ketones is 1. The minimum absolute atomic E-state index is 0.483. The summed E-state index contributed by atoms with van der Waals surface area (Å²) in [6.07, 6.45) is 0. The maximum atomic E-state index is 14.1. The summed E-state index contributed by atoms with van der Waals surface area (Å²) < 4.78 is 32.4. The predicted octanol–water partition coefficient (Wildman–Crippen LogP) is -2.18. The number of hydrogen-bond donors (Lipinski definition) is 8. The Labute approximate surface area is 332 Å². The van der Waals surface area contributed by atoms with Crippen LogP contribution in [0.25, 0.3) is 0 Å². The quantitative estimate of drug-likeness (QED) is 0.0322. The third-order valence-corrected chi connectivity index (χ3v) is 9.59. The van der Waals surface area contributed by atoms with Gasteiger partial charge in [-0.05, 0) is 69.2 Å².